The Kier molecular flexibility index (Phi) is 5.66. The molecule has 0 saturated carbocycles. The summed E-state index contributed by atoms with van der Waals surface area (Å²) in [6.07, 6.45) is 0.727. The normalized spacial score (nSPS) is 20.4. The summed E-state index contributed by atoms with van der Waals surface area (Å²) in [5, 5.41) is 12.3. The molecule has 37 heavy (non-hydrogen) atoms. The minimum Gasteiger partial charge on any atom is -0.507 e. The molecule has 1 aromatic heterocycles. The van der Waals surface area contributed by atoms with Gasteiger partial charge in [-0.2, -0.15) is 0 Å². The first-order valence-corrected chi connectivity index (χ1v) is 12.8. The second kappa shape index (κ2) is 8.90. The zero-order chi connectivity index (χ0) is 25.8. The van der Waals surface area contributed by atoms with E-state index in [-0.39, 0.29) is 17.4 Å². The topological polar surface area (TPSA) is 89.0 Å². The van der Waals surface area contributed by atoms with Crippen molar-refractivity contribution in [2.24, 2.45) is 0 Å². The van der Waals surface area contributed by atoms with Crippen LogP contribution in [0.2, 0.25) is 5.02 Å². The van der Waals surface area contributed by atoms with Gasteiger partial charge in [-0.3, -0.25) is 14.5 Å². The van der Waals surface area contributed by atoms with Gasteiger partial charge in [0.1, 0.15) is 23.4 Å². The fourth-order valence-electron chi connectivity index (χ4n) is 4.84. The third kappa shape index (κ3) is 3.93. The Labute approximate surface area is 221 Å². The van der Waals surface area contributed by atoms with Crippen LogP contribution in [-0.4, -0.2) is 35.0 Å². The maximum absolute atomic E-state index is 13.5. The second-order valence-corrected chi connectivity index (χ2v) is 10.5. The van der Waals surface area contributed by atoms with Crippen molar-refractivity contribution in [1.82, 2.24) is 4.98 Å². The number of hydrogen-bond acceptors (Lipinski definition) is 7. The molecule has 0 radical (unpaired) electrons. The lowest BCUT2D eigenvalue weighted by Crippen LogP contribution is -2.29. The number of benzene rings is 3. The molecule has 3 aromatic carbocycles. The van der Waals surface area contributed by atoms with E-state index in [9.17, 15) is 14.7 Å². The summed E-state index contributed by atoms with van der Waals surface area (Å²) in [6.45, 7) is 1.97. The number of aromatic nitrogens is 1. The fraction of sp³-hybridized carbons (Fsp3) is 0.179. The lowest BCUT2D eigenvalue weighted by Gasteiger charge is -2.23. The van der Waals surface area contributed by atoms with Crippen LogP contribution in [0.4, 0.5) is 5.13 Å². The molecule has 9 heteroatoms. The molecule has 0 spiro atoms. The number of nitrogens with zero attached hydrogens (tertiary/aromatic N) is 2. The molecule has 1 saturated heterocycles. The molecule has 186 valence electrons. The zero-order valence-electron chi connectivity index (χ0n) is 19.9. The summed E-state index contributed by atoms with van der Waals surface area (Å²) < 4.78 is 11.9. The molecule has 4 aromatic rings. The van der Waals surface area contributed by atoms with Crippen molar-refractivity contribution in [3.8, 4) is 11.5 Å². The summed E-state index contributed by atoms with van der Waals surface area (Å²) in [7, 11) is 1.58. The summed E-state index contributed by atoms with van der Waals surface area (Å²) in [5.41, 5.74) is 2.68. The first-order chi connectivity index (χ1) is 17.8. The molecule has 1 fully saturated rings. The van der Waals surface area contributed by atoms with E-state index >= 15 is 0 Å². The lowest BCUT2D eigenvalue weighted by atomic mass is 9.94. The third-order valence-corrected chi connectivity index (χ3v) is 7.86. The molecule has 7 nitrogen and oxygen atoms in total. The number of ketones is 1. The number of aliphatic hydroxyl groups is 1. The molecule has 0 unspecified atom stereocenters. The molecular formula is C28H21ClN2O5S. The molecule has 1 amide bonds. The number of methoxy groups -OCH3 is 1. The number of carbonyl (C=O) groups excluding carboxylic acids is 2. The van der Waals surface area contributed by atoms with E-state index in [2.05, 4.69) is 4.98 Å². The maximum Gasteiger partial charge on any atom is 0.301 e. The standard InChI is InChI=1S/C28H21ClN2O5S/c1-14-11-17-12-16(5-10-21(17)36-14)25(32)23-24(15-3-6-18(29)7-4-15)31(27(34)26(23)33)28-30-20-9-8-19(35-2)13-22(20)37-28/h3-10,12-14,24,32H,11H2,1-2H3/b25-23+/t14-,24+/m0/s1. The largest absolute Gasteiger partial charge is 0.507 e. The predicted octanol–water partition coefficient (Wildman–Crippen LogP) is 5.91. The summed E-state index contributed by atoms with van der Waals surface area (Å²) in [5.74, 6) is -0.367. The van der Waals surface area contributed by atoms with Gasteiger partial charge in [0.25, 0.3) is 5.78 Å². The number of fused-ring (bicyclic) bond motifs is 2. The van der Waals surface area contributed by atoms with Crippen LogP contribution in [0.25, 0.3) is 16.0 Å². The van der Waals surface area contributed by atoms with Crippen molar-refractivity contribution < 1.29 is 24.2 Å². The molecule has 0 bridgehead atoms. The average molecular weight is 533 g/mol. The number of anilines is 1. The molecule has 6 rings (SSSR count). The highest BCUT2D eigenvalue weighted by molar-refractivity contribution is 7.22. The van der Waals surface area contributed by atoms with Gasteiger partial charge in [0.15, 0.2) is 5.13 Å². The van der Waals surface area contributed by atoms with Gasteiger partial charge >= 0.3 is 5.91 Å². The molecule has 2 aliphatic rings. The van der Waals surface area contributed by atoms with Gasteiger partial charge in [-0.1, -0.05) is 35.1 Å². The maximum atomic E-state index is 13.5. The molecule has 3 heterocycles. The van der Waals surface area contributed by atoms with Crippen molar-refractivity contribution in [3.05, 3.63) is 87.9 Å². The first-order valence-electron chi connectivity index (χ1n) is 11.6. The highest BCUT2D eigenvalue weighted by Crippen LogP contribution is 2.45. The number of ether oxygens (including phenoxy) is 2. The Morgan fingerprint density at radius 1 is 1.14 bits per heavy atom. The van der Waals surface area contributed by atoms with Gasteiger partial charge in [-0.05, 0) is 66.6 Å². The van der Waals surface area contributed by atoms with Crippen LogP contribution < -0.4 is 14.4 Å². The third-order valence-electron chi connectivity index (χ3n) is 6.59. The number of carbonyl (C=O) groups is 2. The molecule has 2 aliphatic heterocycles. The lowest BCUT2D eigenvalue weighted by molar-refractivity contribution is -0.132. The zero-order valence-corrected chi connectivity index (χ0v) is 21.5. The van der Waals surface area contributed by atoms with Gasteiger partial charge in [0.2, 0.25) is 0 Å². The van der Waals surface area contributed by atoms with Crippen LogP contribution in [0.3, 0.4) is 0 Å². The number of rotatable bonds is 4. The number of amides is 1. The number of hydrogen-bond donors (Lipinski definition) is 1. The Morgan fingerprint density at radius 3 is 2.68 bits per heavy atom. The van der Waals surface area contributed by atoms with E-state index in [0.29, 0.717) is 39.0 Å². The van der Waals surface area contributed by atoms with Crippen molar-refractivity contribution in [1.29, 1.82) is 0 Å². The van der Waals surface area contributed by atoms with Crippen LogP contribution in [0.15, 0.2) is 66.2 Å². The van der Waals surface area contributed by atoms with E-state index in [1.807, 2.05) is 19.1 Å². The Morgan fingerprint density at radius 2 is 1.92 bits per heavy atom. The van der Waals surface area contributed by atoms with Gasteiger partial charge in [-0.15, -0.1) is 0 Å². The summed E-state index contributed by atoms with van der Waals surface area (Å²) in [6, 6.07) is 16.7. The van der Waals surface area contributed by atoms with Crippen molar-refractivity contribution in [2.75, 3.05) is 12.0 Å². The number of thiazole rings is 1. The Hall–Kier alpha value is -3.88. The van der Waals surface area contributed by atoms with Gasteiger partial charge in [0.05, 0.1) is 28.9 Å². The van der Waals surface area contributed by atoms with Crippen molar-refractivity contribution in [3.63, 3.8) is 0 Å². The van der Waals surface area contributed by atoms with Gasteiger partial charge < -0.3 is 14.6 Å². The van der Waals surface area contributed by atoms with Gasteiger partial charge in [0, 0.05) is 17.0 Å². The van der Waals surface area contributed by atoms with E-state index in [0.717, 1.165) is 16.0 Å². The van der Waals surface area contributed by atoms with E-state index < -0.39 is 17.7 Å². The van der Waals surface area contributed by atoms with E-state index in [1.165, 1.54) is 16.2 Å². The number of aliphatic hydroxyl groups excluding tert-OH is 1. The van der Waals surface area contributed by atoms with Crippen LogP contribution in [0, 0.1) is 0 Å². The van der Waals surface area contributed by atoms with Crippen LogP contribution >= 0.6 is 22.9 Å². The Bertz CT molecular complexity index is 1610. The highest BCUT2D eigenvalue weighted by atomic mass is 35.5. The van der Waals surface area contributed by atoms with Crippen LogP contribution in [0.1, 0.15) is 29.7 Å². The van der Waals surface area contributed by atoms with E-state index in [4.69, 9.17) is 21.1 Å². The average Bonchev–Trinajstić information content (AvgIpc) is 3.55. The molecule has 1 N–H and O–H groups in total. The second-order valence-electron chi connectivity index (χ2n) is 9.01. The SMILES string of the molecule is COc1ccc2nc(N3C(=O)C(=O)/C(=C(/O)c4ccc5c(c4)C[C@H](C)O5)[C@H]3c3ccc(Cl)cc3)sc2c1. The quantitative estimate of drug-likeness (QED) is 0.200. The molecule has 2 atom stereocenters. The predicted molar refractivity (Wildman–Crippen MR) is 143 cm³/mol. The first kappa shape index (κ1) is 23.5. The van der Waals surface area contributed by atoms with Crippen LogP contribution in [-0.2, 0) is 16.0 Å². The minimum atomic E-state index is -0.886. The van der Waals surface area contributed by atoms with Crippen LogP contribution in [0.5, 0.6) is 11.5 Å². The smallest absolute Gasteiger partial charge is 0.301 e. The molecule has 0 aliphatic carbocycles. The highest BCUT2D eigenvalue weighted by Gasteiger charge is 2.48. The molecular weight excluding hydrogens is 512 g/mol. The van der Waals surface area contributed by atoms with E-state index in [1.54, 1.807) is 55.6 Å². The minimum absolute atomic E-state index is 0.00364. The Balaban J connectivity index is 1.52. The number of Topliss-reactive ketones (excluding diaryl/α,β-unsaturated/α-hetero) is 1. The van der Waals surface area contributed by atoms with Crippen molar-refractivity contribution >= 4 is 55.7 Å². The van der Waals surface area contributed by atoms with Gasteiger partial charge in [-0.25, -0.2) is 4.98 Å². The number of halogens is 1. The fourth-order valence-corrected chi connectivity index (χ4v) is 5.98. The monoisotopic (exact) mass is 532 g/mol. The summed E-state index contributed by atoms with van der Waals surface area (Å²) >= 11 is 7.40. The summed E-state index contributed by atoms with van der Waals surface area (Å²) in [4.78, 5) is 32.9. The van der Waals surface area contributed by atoms with Crippen molar-refractivity contribution in [2.45, 2.75) is 25.5 Å².